The molecule has 2 amide bonds. The van der Waals surface area contributed by atoms with Crippen LogP contribution in [0.5, 0.6) is 0 Å². The van der Waals surface area contributed by atoms with Gasteiger partial charge in [0.05, 0.1) is 11.9 Å². The number of nitrogens with zero attached hydrogens (tertiary/aromatic N) is 2. The van der Waals surface area contributed by atoms with Gasteiger partial charge in [0.15, 0.2) is 0 Å². The third-order valence-corrected chi connectivity index (χ3v) is 6.87. The average molecular weight is 494 g/mol. The Hall–Kier alpha value is -2.58. The first-order valence-corrected chi connectivity index (χ1v) is 13.1. The first-order valence-electron chi connectivity index (χ1n) is 10.9. The third-order valence-electron chi connectivity index (χ3n) is 5.32. The maximum atomic E-state index is 13.4. The van der Waals surface area contributed by atoms with E-state index in [1.807, 2.05) is 44.2 Å². The highest BCUT2D eigenvalue weighted by Gasteiger charge is 2.29. The highest BCUT2D eigenvalue weighted by molar-refractivity contribution is 7.92. The average Bonchev–Trinajstić information content (AvgIpc) is 2.77. The monoisotopic (exact) mass is 493 g/mol. The number of halogens is 1. The highest BCUT2D eigenvalue weighted by atomic mass is 35.5. The van der Waals surface area contributed by atoms with Gasteiger partial charge in [0.1, 0.15) is 12.6 Å². The summed E-state index contributed by atoms with van der Waals surface area (Å²) in [5.41, 5.74) is 2.11. The van der Waals surface area contributed by atoms with Crippen LogP contribution in [0.15, 0.2) is 48.5 Å². The van der Waals surface area contributed by atoms with Crippen LogP contribution in [0.1, 0.15) is 31.4 Å². The predicted octanol–water partition coefficient (Wildman–Crippen LogP) is 3.40. The zero-order valence-corrected chi connectivity index (χ0v) is 21.1. The largest absolute Gasteiger partial charge is 0.354 e. The van der Waals surface area contributed by atoms with Crippen molar-refractivity contribution in [3.05, 3.63) is 64.7 Å². The van der Waals surface area contributed by atoms with Gasteiger partial charge in [0, 0.05) is 18.1 Å². The summed E-state index contributed by atoms with van der Waals surface area (Å²) in [6, 6.07) is 13.7. The van der Waals surface area contributed by atoms with Crippen molar-refractivity contribution < 1.29 is 18.0 Å². The Morgan fingerprint density at radius 3 is 2.36 bits per heavy atom. The second-order valence-corrected chi connectivity index (χ2v) is 10.3. The number of rotatable bonds is 11. The van der Waals surface area contributed by atoms with Gasteiger partial charge in [-0.25, -0.2) is 8.42 Å². The molecule has 0 saturated carbocycles. The van der Waals surface area contributed by atoms with Crippen molar-refractivity contribution in [2.24, 2.45) is 0 Å². The molecule has 2 aromatic rings. The molecule has 0 aromatic heterocycles. The summed E-state index contributed by atoms with van der Waals surface area (Å²) in [4.78, 5) is 27.4. The van der Waals surface area contributed by atoms with Crippen molar-refractivity contribution in [2.45, 2.75) is 39.7 Å². The summed E-state index contributed by atoms with van der Waals surface area (Å²) in [5.74, 6) is -0.741. The van der Waals surface area contributed by atoms with Crippen molar-refractivity contribution >= 4 is 39.1 Å². The molecule has 9 heteroatoms. The Bertz CT molecular complexity index is 1060. The maximum Gasteiger partial charge on any atom is 0.244 e. The molecule has 7 nitrogen and oxygen atoms in total. The number of hydrogen-bond acceptors (Lipinski definition) is 4. The second-order valence-electron chi connectivity index (χ2n) is 7.99. The zero-order chi connectivity index (χ0) is 24.6. The van der Waals surface area contributed by atoms with Gasteiger partial charge in [-0.2, -0.15) is 0 Å². The van der Waals surface area contributed by atoms with Crippen LogP contribution in [-0.2, 0) is 26.0 Å². The van der Waals surface area contributed by atoms with E-state index in [4.69, 9.17) is 11.6 Å². The van der Waals surface area contributed by atoms with Crippen LogP contribution in [-0.4, -0.2) is 57.1 Å². The fourth-order valence-electron chi connectivity index (χ4n) is 3.32. The molecule has 1 atom stereocenters. The van der Waals surface area contributed by atoms with Crippen molar-refractivity contribution in [3.63, 3.8) is 0 Å². The van der Waals surface area contributed by atoms with Gasteiger partial charge in [-0.1, -0.05) is 54.9 Å². The molecule has 0 radical (unpaired) electrons. The number of hydrogen-bond donors (Lipinski definition) is 1. The SMILES string of the molecule is CCCNC(=O)C(C)N(CCc1ccccc1)C(=O)CN(c1ccc(C)c(Cl)c1)S(C)(=O)=O. The Labute approximate surface area is 201 Å². The van der Waals surface area contributed by atoms with Crippen LogP contribution < -0.4 is 9.62 Å². The Kier molecular flexibility index (Phi) is 9.73. The lowest BCUT2D eigenvalue weighted by Crippen LogP contribution is -2.52. The van der Waals surface area contributed by atoms with Crippen molar-refractivity contribution in [1.82, 2.24) is 10.2 Å². The molecular weight excluding hydrogens is 462 g/mol. The first kappa shape index (κ1) is 26.7. The standard InChI is InChI=1S/C24H32ClN3O4S/c1-5-14-26-24(30)19(3)27(15-13-20-9-7-6-8-10-20)23(29)17-28(33(4,31)32)21-12-11-18(2)22(25)16-21/h6-12,16,19H,5,13-15,17H2,1-4H3,(H,26,30). The van der Waals surface area contributed by atoms with Crippen LogP contribution in [0.4, 0.5) is 5.69 Å². The molecule has 1 unspecified atom stereocenters. The third kappa shape index (κ3) is 7.75. The normalized spacial score (nSPS) is 12.2. The number of carbonyl (C=O) groups is 2. The molecule has 0 aliphatic rings. The molecule has 2 rings (SSSR count). The first-order chi connectivity index (χ1) is 15.5. The number of nitrogens with one attached hydrogen (secondary N) is 1. The van der Waals surface area contributed by atoms with Gasteiger partial charge >= 0.3 is 0 Å². The molecule has 2 aromatic carbocycles. The quantitative estimate of drug-likeness (QED) is 0.519. The van der Waals surface area contributed by atoms with E-state index in [0.717, 1.165) is 28.1 Å². The summed E-state index contributed by atoms with van der Waals surface area (Å²) in [7, 11) is -3.78. The summed E-state index contributed by atoms with van der Waals surface area (Å²) in [5, 5.41) is 3.22. The number of anilines is 1. The molecule has 1 N–H and O–H groups in total. The van der Waals surface area contributed by atoms with E-state index in [0.29, 0.717) is 23.7 Å². The van der Waals surface area contributed by atoms with E-state index in [9.17, 15) is 18.0 Å². The van der Waals surface area contributed by atoms with Gasteiger partial charge in [-0.05, 0) is 49.9 Å². The Morgan fingerprint density at radius 1 is 1.12 bits per heavy atom. The molecule has 180 valence electrons. The molecular formula is C24H32ClN3O4S. The number of sulfonamides is 1. The van der Waals surface area contributed by atoms with E-state index in [2.05, 4.69) is 5.32 Å². The molecule has 0 saturated heterocycles. The number of aryl methyl sites for hydroxylation is 1. The Balaban J connectivity index is 2.31. The van der Waals surface area contributed by atoms with Crippen LogP contribution in [0.3, 0.4) is 0 Å². The van der Waals surface area contributed by atoms with Crippen LogP contribution in [0, 0.1) is 6.92 Å². The van der Waals surface area contributed by atoms with E-state index in [-0.39, 0.29) is 12.5 Å². The van der Waals surface area contributed by atoms with Crippen molar-refractivity contribution in [3.8, 4) is 0 Å². The molecule has 0 aliphatic carbocycles. The zero-order valence-electron chi connectivity index (χ0n) is 19.5. The fraction of sp³-hybridized carbons (Fsp3) is 0.417. The van der Waals surface area contributed by atoms with Crippen molar-refractivity contribution in [2.75, 3.05) is 30.2 Å². The predicted molar refractivity (Wildman–Crippen MR) is 133 cm³/mol. The molecule has 0 heterocycles. The van der Waals surface area contributed by atoms with E-state index in [1.54, 1.807) is 19.1 Å². The minimum absolute atomic E-state index is 0.274. The topological polar surface area (TPSA) is 86.8 Å². The summed E-state index contributed by atoms with van der Waals surface area (Å²) in [6.07, 6.45) is 2.35. The van der Waals surface area contributed by atoms with Gasteiger partial charge in [0.25, 0.3) is 0 Å². The van der Waals surface area contributed by atoms with Gasteiger partial charge < -0.3 is 10.2 Å². The second kappa shape index (κ2) is 12.0. The number of amides is 2. The van der Waals surface area contributed by atoms with Crippen molar-refractivity contribution in [1.29, 1.82) is 0 Å². The van der Waals surface area contributed by atoms with Crippen LogP contribution in [0.25, 0.3) is 0 Å². The molecule has 0 aliphatic heterocycles. The van der Waals surface area contributed by atoms with E-state index in [1.165, 1.54) is 11.0 Å². The lowest BCUT2D eigenvalue weighted by molar-refractivity contribution is -0.138. The van der Waals surface area contributed by atoms with Gasteiger partial charge in [-0.15, -0.1) is 0 Å². The van der Waals surface area contributed by atoms with Gasteiger partial charge in [-0.3, -0.25) is 13.9 Å². The minimum atomic E-state index is -3.78. The molecule has 0 fully saturated rings. The van der Waals surface area contributed by atoms with E-state index < -0.39 is 28.5 Å². The summed E-state index contributed by atoms with van der Waals surface area (Å²) >= 11 is 6.20. The maximum absolute atomic E-state index is 13.4. The van der Waals surface area contributed by atoms with Crippen LogP contribution >= 0.6 is 11.6 Å². The fourth-order valence-corrected chi connectivity index (χ4v) is 4.33. The molecule has 0 spiro atoms. The number of benzene rings is 2. The minimum Gasteiger partial charge on any atom is -0.354 e. The number of carbonyl (C=O) groups excluding carboxylic acids is 2. The van der Waals surface area contributed by atoms with E-state index >= 15 is 0 Å². The molecule has 0 bridgehead atoms. The molecule has 33 heavy (non-hydrogen) atoms. The summed E-state index contributed by atoms with van der Waals surface area (Å²) in [6.45, 7) is 5.75. The highest BCUT2D eigenvalue weighted by Crippen LogP contribution is 2.25. The lowest BCUT2D eigenvalue weighted by atomic mass is 10.1. The Morgan fingerprint density at radius 2 is 1.79 bits per heavy atom. The smallest absolute Gasteiger partial charge is 0.244 e. The summed E-state index contributed by atoms with van der Waals surface area (Å²) < 4.78 is 26.1. The van der Waals surface area contributed by atoms with Gasteiger partial charge in [0.2, 0.25) is 21.8 Å². The van der Waals surface area contributed by atoms with Crippen LogP contribution in [0.2, 0.25) is 5.02 Å². The lowest BCUT2D eigenvalue weighted by Gasteiger charge is -2.31.